The highest BCUT2D eigenvalue weighted by atomic mass is 32.1. The summed E-state index contributed by atoms with van der Waals surface area (Å²) < 4.78 is 1.99. The van der Waals surface area contributed by atoms with Gasteiger partial charge in [0.1, 0.15) is 0 Å². The number of nitrogens with zero attached hydrogens (tertiary/aromatic N) is 8. The minimum absolute atomic E-state index is 0.269. The van der Waals surface area contributed by atoms with Crippen molar-refractivity contribution in [3.8, 4) is 11.3 Å². The summed E-state index contributed by atoms with van der Waals surface area (Å²) in [5.74, 6) is -0.269. The van der Waals surface area contributed by atoms with E-state index in [9.17, 15) is 4.79 Å². The van der Waals surface area contributed by atoms with Crippen molar-refractivity contribution in [2.75, 3.05) is 16.8 Å². The first-order valence-electron chi connectivity index (χ1n) is 10.7. The summed E-state index contributed by atoms with van der Waals surface area (Å²) in [4.78, 5) is 38.0. The first-order valence-corrected chi connectivity index (χ1v) is 11.5. The van der Waals surface area contributed by atoms with E-state index in [1.807, 2.05) is 35.9 Å². The zero-order valence-corrected chi connectivity index (χ0v) is 19.0. The minimum atomic E-state index is -0.269. The number of carbonyl (C=O) groups is 1. The highest BCUT2D eigenvalue weighted by molar-refractivity contribution is 7.21. The van der Waals surface area contributed by atoms with Crippen molar-refractivity contribution in [2.45, 2.75) is 20.0 Å². The highest BCUT2D eigenvalue weighted by Crippen LogP contribution is 2.29. The molecule has 1 aliphatic rings. The van der Waals surface area contributed by atoms with Crippen molar-refractivity contribution in [3.63, 3.8) is 0 Å². The molecular weight excluding hydrogens is 450 g/mol. The van der Waals surface area contributed by atoms with Crippen LogP contribution in [0.25, 0.3) is 21.7 Å². The van der Waals surface area contributed by atoms with Crippen LogP contribution in [0, 0.1) is 6.92 Å². The molecule has 11 heteroatoms. The van der Waals surface area contributed by atoms with E-state index in [1.165, 1.54) is 11.3 Å². The average Bonchev–Trinajstić information content (AvgIpc) is 3.49. The molecule has 0 fully saturated rings. The number of nitrogens with one attached hydrogen (secondary N) is 1. The summed E-state index contributed by atoms with van der Waals surface area (Å²) in [7, 11) is 0. The first kappa shape index (κ1) is 20.4. The number of aryl methyl sites for hydroxylation is 1. The topological polar surface area (TPSA) is 115 Å². The van der Waals surface area contributed by atoms with Crippen LogP contribution in [-0.4, -0.2) is 47.2 Å². The van der Waals surface area contributed by atoms with Gasteiger partial charge in [0.05, 0.1) is 41.9 Å². The Kier molecular flexibility index (Phi) is 4.95. The fourth-order valence-corrected chi connectivity index (χ4v) is 4.77. The molecule has 0 spiro atoms. The summed E-state index contributed by atoms with van der Waals surface area (Å²) >= 11 is 1.29. The van der Waals surface area contributed by atoms with Crippen LogP contribution >= 0.6 is 11.3 Å². The molecule has 0 aliphatic carbocycles. The van der Waals surface area contributed by atoms with Crippen molar-refractivity contribution in [1.82, 2.24) is 34.7 Å². The lowest BCUT2D eigenvalue weighted by atomic mass is 10.1. The zero-order valence-electron chi connectivity index (χ0n) is 18.2. The molecule has 6 heterocycles. The van der Waals surface area contributed by atoms with Gasteiger partial charge in [0, 0.05) is 42.6 Å². The third-order valence-electron chi connectivity index (χ3n) is 5.66. The third-order valence-corrected chi connectivity index (χ3v) is 6.52. The van der Waals surface area contributed by atoms with E-state index in [0.29, 0.717) is 27.7 Å². The smallest absolute Gasteiger partial charge is 0.261 e. The van der Waals surface area contributed by atoms with Gasteiger partial charge in [-0.05, 0) is 31.2 Å². The lowest BCUT2D eigenvalue weighted by Crippen LogP contribution is -2.35. The van der Waals surface area contributed by atoms with Crippen molar-refractivity contribution >= 4 is 38.5 Å². The summed E-state index contributed by atoms with van der Waals surface area (Å²) in [6, 6.07) is 7.70. The number of hydrogen-bond acceptors (Lipinski definition) is 9. The SMILES string of the molecule is Cc1cc(N2CCn3nccc3C2)c(C(=O)Nc2nc3ncc(-c4ccncc4)nc3s2)cn1. The molecule has 5 aromatic heterocycles. The largest absolute Gasteiger partial charge is 0.363 e. The van der Waals surface area contributed by atoms with E-state index in [1.54, 1.807) is 31.0 Å². The van der Waals surface area contributed by atoms with Crippen LogP contribution in [-0.2, 0) is 13.1 Å². The van der Waals surface area contributed by atoms with E-state index >= 15 is 0 Å². The Labute approximate surface area is 198 Å². The molecule has 0 aromatic carbocycles. The fraction of sp³-hybridized carbons (Fsp3) is 0.174. The second-order valence-corrected chi connectivity index (χ2v) is 8.88. The second kappa shape index (κ2) is 8.27. The van der Waals surface area contributed by atoms with E-state index in [4.69, 9.17) is 0 Å². The van der Waals surface area contributed by atoms with Crippen LogP contribution in [0.1, 0.15) is 21.7 Å². The number of aromatic nitrogens is 7. The number of rotatable bonds is 4. The van der Waals surface area contributed by atoms with Crippen molar-refractivity contribution in [1.29, 1.82) is 0 Å². The number of hydrogen-bond donors (Lipinski definition) is 1. The summed E-state index contributed by atoms with van der Waals surface area (Å²) in [6.45, 7) is 4.12. The molecule has 1 N–H and O–H groups in total. The number of carbonyl (C=O) groups excluding carboxylic acids is 1. The molecule has 10 nitrogen and oxygen atoms in total. The molecule has 34 heavy (non-hydrogen) atoms. The van der Waals surface area contributed by atoms with Crippen LogP contribution in [0.4, 0.5) is 10.8 Å². The maximum absolute atomic E-state index is 13.3. The van der Waals surface area contributed by atoms with Crippen molar-refractivity contribution in [2.24, 2.45) is 0 Å². The molecule has 0 saturated heterocycles. The molecule has 6 rings (SSSR count). The van der Waals surface area contributed by atoms with Gasteiger partial charge < -0.3 is 4.90 Å². The molecule has 0 unspecified atom stereocenters. The van der Waals surface area contributed by atoms with Gasteiger partial charge in [0.25, 0.3) is 5.91 Å². The van der Waals surface area contributed by atoms with Crippen molar-refractivity contribution in [3.05, 3.63) is 72.2 Å². The number of thiazole rings is 1. The number of fused-ring (bicyclic) bond motifs is 2. The maximum atomic E-state index is 13.3. The molecule has 0 radical (unpaired) electrons. The van der Waals surface area contributed by atoms with E-state index < -0.39 is 0 Å². The second-order valence-electron chi connectivity index (χ2n) is 7.90. The number of pyridine rings is 2. The Balaban J connectivity index is 1.28. The predicted octanol–water partition coefficient (Wildman–Crippen LogP) is 3.32. The van der Waals surface area contributed by atoms with Crippen LogP contribution in [0.2, 0.25) is 0 Å². The van der Waals surface area contributed by atoms with Gasteiger partial charge in [-0.1, -0.05) is 11.3 Å². The highest BCUT2D eigenvalue weighted by Gasteiger charge is 2.23. The quantitative estimate of drug-likeness (QED) is 0.426. The Morgan fingerprint density at radius 2 is 1.94 bits per heavy atom. The summed E-state index contributed by atoms with van der Waals surface area (Å²) in [5.41, 5.74) is 5.44. The Bertz CT molecular complexity index is 1510. The fourth-order valence-electron chi connectivity index (χ4n) is 3.97. The van der Waals surface area contributed by atoms with Crippen LogP contribution in [0.5, 0.6) is 0 Å². The molecule has 0 bridgehead atoms. The summed E-state index contributed by atoms with van der Waals surface area (Å²) in [6.07, 6.45) is 8.52. The predicted molar refractivity (Wildman–Crippen MR) is 129 cm³/mol. The Hall–Kier alpha value is -4.25. The summed E-state index contributed by atoms with van der Waals surface area (Å²) in [5, 5.41) is 7.69. The van der Waals surface area contributed by atoms with E-state index in [-0.39, 0.29) is 5.91 Å². The van der Waals surface area contributed by atoms with Crippen LogP contribution < -0.4 is 10.2 Å². The maximum Gasteiger partial charge on any atom is 0.261 e. The average molecular weight is 470 g/mol. The third kappa shape index (κ3) is 3.75. The molecule has 1 aliphatic heterocycles. The monoisotopic (exact) mass is 469 g/mol. The van der Waals surface area contributed by atoms with Gasteiger partial charge in [-0.3, -0.25) is 24.8 Å². The van der Waals surface area contributed by atoms with Gasteiger partial charge in [0.2, 0.25) is 0 Å². The number of anilines is 2. The lowest BCUT2D eigenvalue weighted by Gasteiger charge is -2.31. The standard InChI is InChI=1S/C23H19N9OS/c1-14-10-19(31-8-9-32-16(13-31)4-7-27-32)17(11-25-14)21(33)30-23-29-20-22(34-23)28-18(12-26-20)15-2-5-24-6-3-15/h2-7,10-12H,8-9,13H2,1H3,(H,26,29,30,33). The van der Waals surface area contributed by atoms with Crippen molar-refractivity contribution < 1.29 is 4.79 Å². The molecule has 1 amide bonds. The first-order chi connectivity index (χ1) is 16.6. The van der Waals surface area contributed by atoms with Crippen LogP contribution in [0.15, 0.2) is 55.2 Å². The minimum Gasteiger partial charge on any atom is -0.363 e. The van der Waals surface area contributed by atoms with Gasteiger partial charge in [-0.25, -0.2) is 9.97 Å². The Morgan fingerprint density at radius 3 is 2.82 bits per heavy atom. The zero-order chi connectivity index (χ0) is 23.1. The molecule has 5 aromatic rings. The van der Waals surface area contributed by atoms with Gasteiger partial charge in [0.15, 0.2) is 15.6 Å². The molecule has 0 saturated carbocycles. The molecule has 0 atom stereocenters. The lowest BCUT2D eigenvalue weighted by molar-refractivity contribution is 0.102. The van der Waals surface area contributed by atoms with Gasteiger partial charge >= 0.3 is 0 Å². The van der Waals surface area contributed by atoms with Gasteiger partial charge in [-0.2, -0.15) is 10.1 Å². The normalized spacial score (nSPS) is 13.1. The molecular formula is C23H19N9OS. The van der Waals surface area contributed by atoms with E-state index in [0.717, 1.165) is 41.4 Å². The number of amides is 1. The van der Waals surface area contributed by atoms with E-state index in [2.05, 4.69) is 40.2 Å². The molecule has 168 valence electrons. The van der Waals surface area contributed by atoms with Crippen LogP contribution in [0.3, 0.4) is 0 Å². The Morgan fingerprint density at radius 1 is 1.06 bits per heavy atom. The van der Waals surface area contributed by atoms with Gasteiger partial charge in [-0.15, -0.1) is 0 Å².